The third-order valence-electron chi connectivity index (χ3n) is 3.87. The van der Waals surface area contributed by atoms with Gasteiger partial charge in [0, 0.05) is 21.9 Å². The molecule has 0 radical (unpaired) electrons. The molecule has 0 bridgehead atoms. The van der Waals surface area contributed by atoms with E-state index in [1.54, 1.807) is 0 Å². The molecule has 1 aliphatic rings. The smallest absolute Gasteiger partial charge is 0.304 e. The number of aliphatic carboxylic acids is 1. The Kier molecular flexibility index (Phi) is 5.05. The maximum Gasteiger partial charge on any atom is 0.304 e. The first-order valence-electron chi connectivity index (χ1n) is 7.58. The highest BCUT2D eigenvalue weighted by Gasteiger charge is 2.33. The van der Waals surface area contributed by atoms with Crippen molar-refractivity contribution in [3.8, 4) is 11.5 Å². The van der Waals surface area contributed by atoms with Gasteiger partial charge < -0.3 is 14.6 Å². The Morgan fingerprint density at radius 2 is 2.00 bits per heavy atom. The molecule has 0 spiro atoms. The average molecular weight is 371 g/mol. The Morgan fingerprint density at radius 1 is 1.36 bits per heavy atom. The summed E-state index contributed by atoms with van der Waals surface area (Å²) in [6.07, 6.45) is 0.905. The second-order valence-corrected chi connectivity index (χ2v) is 7.49. The third-order valence-corrected chi connectivity index (χ3v) is 4.50. The first kappa shape index (κ1) is 17.1. The van der Waals surface area contributed by atoms with E-state index in [0.29, 0.717) is 13.2 Å². The van der Waals surface area contributed by atoms with E-state index in [-0.39, 0.29) is 12.3 Å². The summed E-state index contributed by atoms with van der Waals surface area (Å²) in [5, 5.41) is 9.24. The maximum absolute atomic E-state index is 11.3. The normalized spacial score (nSPS) is 14.8. The van der Waals surface area contributed by atoms with E-state index in [9.17, 15) is 9.90 Å². The zero-order valence-electron chi connectivity index (χ0n) is 13.5. The van der Waals surface area contributed by atoms with Crippen LogP contribution in [-0.2, 0) is 10.2 Å². The molecule has 0 fully saturated rings. The van der Waals surface area contributed by atoms with Crippen LogP contribution in [0.3, 0.4) is 0 Å². The maximum atomic E-state index is 11.3. The molecule has 0 aliphatic carbocycles. The zero-order valence-corrected chi connectivity index (χ0v) is 15.1. The predicted octanol–water partition coefficient (Wildman–Crippen LogP) is 4.49. The van der Waals surface area contributed by atoms with E-state index < -0.39 is 11.4 Å². The molecule has 0 amide bonds. The van der Waals surface area contributed by atoms with Gasteiger partial charge in [-0.1, -0.05) is 43.6 Å². The number of hydrogen-bond donors (Lipinski definition) is 1. The third kappa shape index (κ3) is 3.40. The average Bonchev–Trinajstić information content (AvgIpc) is 2.59. The number of ether oxygens (including phenoxy) is 2. The van der Waals surface area contributed by atoms with Crippen LogP contribution in [0.5, 0.6) is 11.5 Å². The molecule has 1 aliphatic heterocycles. The molecule has 0 atom stereocenters. The Morgan fingerprint density at radius 3 is 2.59 bits per heavy atom. The summed E-state index contributed by atoms with van der Waals surface area (Å²) in [4.78, 5) is 11.3. The highest BCUT2D eigenvalue weighted by atomic mass is 79.9. The van der Waals surface area contributed by atoms with Crippen molar-refractivity contribution in [2.75, 3.05) is 13.2 Å². The highest BCUT2D eigenvalue weighted by molar-refractivity contribution is 9.10. The van der Waals surface area contributed by atoms with Crippen molar-refractivity contribution in [3.05, 3.63) is 21.7 Å². The van der Waals surface area contributed by atoms with Crippen molar-refractivity contribution in [1.82, 2.24) is 0 Å². The number of carboxylic acid groups (broad SMARTS) is 1. The molecule has 0 saturated heterocycles. The number of benzene rings is 1. The van der Waals surface area contributed by atoms with Gasteiger partial charge in [-0.05, 0) is 17.5 Å². The van der Waals surface area contributed by atoms with E-state index in [0.717, 1.165) is 33.5 Å². The van der Waals surface area contributed by atoms with Gasteiger partial charge in [-0.3, -0.25) is 4.79 Å². The van der Waals surface area contributed by atoms with Gasteiger partial charge in [0.15, 0.2) is 11.5 Å². The van der Waals surface area contributed by atoms with Crippen molar-refractivity contribution in [3.63, 3.8) is 0 Å². The van der Waals surface area contributed by atoms with Crippen molar-refractivity contribution in [2.24, 2.45) is 0 Å². The van der Waals surface area contributed by atoms with Crippen molar-refractivity contribution in [2.45, 2.75) is 51.9 Å². The summed E-state index contributed by atoms with van der Waals surface area (Å²) >= 11 is 3.62. The van der Waals surface area contributed by atoms with Gasteiger partial charge in [-0.25, -0.2) is 0 Å². The number of halogens is 1. The van der Waals surface area contributed by atoms with Gasteiger partial charge in [-0.2, -0.15) is 0 Å². The van der Waals surface area contributed by atoms with Gasteiger partial charge in [0.2, 0.25) is 0 Å². The van der Waals surface area contributed by atoms with E-state index in [2.05, 4.69) is 29.8 Å². The minimum atomic E-state index is -0.807. The second kappa shape index (κ2) is 6.49. The van der Waals surface area contributed by atoms with Gasteiger partial charge in [0.1, 0.15) is 0 Å². The number of rotatable bonds is 4. The Labute approximate surface area is 139 Å². The topological polar surface area (TPSA) is 55.8 Å². The lowest BCUT2D eigenvalue weighted by atomic mass is 9.76. The van der Waals surface area contributed by atoms with Crippen LogP contribution in [0.15, 0.2) is 10.5 Å². The minimum Gasteiger partial charge on any atom is -0.490 e. The van der Waals surface area contributed by atoms with Crippen LogP contribution < -0.4 is 9.47 Å². The van der Waals surface area contributed by atoms with Crippen LogP contribution in [-0.4, -0.2) is 24.3 Å². The Hall–Kier alpha value is -1.23. The van der Waals surface area contributed by atoms with Gasteiger partial charge >= 0.3 is 5.97 Å². The predicted molar refractivity (Wildman–Crippen MR) is 89.1 cm³/mol. The molecule has 5 heteroatoms. The molecule has 1 aromatic rings. The van der Waals surface area contributed by atoms with E-state index in [1.165, 1.54) is 0 Å². The van der Waals surface area contributed by atoms with Gasteiger partial charge in [0.25, 0.3) is 0 Å². The molecular formula is C17H23BrO4. The molecule has 1 aromatic carbocycles. The molecule has 4 nitrogen and oxygen atoms in total. The molecule has 0 unspecified atom stereocenters. The largest absolute Gasteiger partial charge is 0.490 e. The SMILES string of the molecule is CC(C)c1c2c(cc(Br)c1C(C)(C)CC(=O)O)OCCCO2. The lowest BCUT2D eigenvalue weighted by Crippen LogP contribution is -2.25. The molecule has 22 heavy (non-hydrogen) atoms. The lowest BCUT2D eigenvalue weighted by Gasteiger charge is -2.31. The monoisotopic (exact) mass is 370 g/mol. The number of hydrogen-bond acceptors (Lipinski definition) is 3. The van der Waals surface area contributed by atoms with Gasteiger partial charge in [0.05, 0.1) is 19.6 Å². The van der Waals surface area contributed by atoms with Crippen LogP contribution in [0, 0.1) is 0 Å². The fourth-order valence-corrected chi connectivity index (χ4v) is 3.96. The summed E-state index contributed by atoms with van der Waals surface area (Å²) in [6, 6.07) is 1.91. The first-order valence-corrected chi connectivity index (χ1v) is 8.37. The quantitative estimate of drug-likeness (QED) is 0.848. The molecule has 122 valence electrons. The molecule has 0 aromatic heterocycles. The molecular weight excluding hydrogens is 348 g/mol. The Bertz CT molecular complexity index is 579. The van der Waals surface area contributed by atoms with Crippen LogP contribution in [0.4, 0.5) is 0 Å². The van der Waals surface area contributed by atoms with E-state index in [4.69, 9.17) is 9.47 Å². The highest BCUT2D eigenvalue weighted by Crippen LogP contribution is 2.48. The minimum absolute atomic E-state index is 0.0605. The first-order chi connectivity index (χ1) is 10.2. The van der Waals surface area contributed by atoms with Crippen LogP contribution in [0.25, 0.3) is 0 Å². The molecule has 1 N–H and O–H groups in total. The molecule has 2 rings (SSSR count). The fraction of sp³-hybridized carbons (Fsp3) is 0.588. The van der Waals surface area contributed by atoms with Crippen molar-refractivity contribution in [1.29, 1.82) is 0 Å². The zero-order chi connectivity index (χ0) is 16.5. The molecule has 0 saturated carbocycles. The van der Waals surface area contributed by atoms with Crippen LogP contribution in [0.1, 0.15) is 57.6 Å². The number of carboxylic acids is 1. The standard InChI is InChI=1S/C17H23BrO4/c1-10(2)14-15(17(3,4)9-13(19)20)11(18)8-12-16(14)22-7-5-6-21-12/h8,10H,5-7,9H2,1-4H3,(H,19,20). The van der Waals surface area contributed by atoms with Gasteiger partial charge in [-0.15, -0.1) is 0 Å². The number of fused-ring (bicyclic) bond motifs is 1. The van der Waals surface area contributed by atoms with E-state index >= 15 is 0 Å². The summed E-state index contributed by atoms with van der Waals surface area (Å²) in [7, 11) is 0. The second-order valence-electron chi connectivity index (χ2n) is 6.63. The van der Waals surface area contributed by atoms with Crippen LogP contribution in [0.2, 0.25) is 0 Å². The fourth-order valence-electron chi connectivity index (χ4n) is 3.00. The lowest BCUT2D eigenvalue weighted by molar-refractivity contribution is -0.138. The molecule has 1 heterocycles. The van der Waals surface area contributed by atoms with Crippen molar-refractivity contribution >= 4 is 21.9 Å². The number of carbonyl (C=O) groups is 1. The summed E-state index contributed by atoms with van der Waals surface area (Å²) in [6.45, 7) is 9.35. The summed E-state index contributed by atoms with van der Waals surface area (Å²) < 4.78 is 12.6. The Balaban J connectivity index is 2.67. The van der Waals surface area contributed by atoms with Crippen LogP contribution >= 0.6 is 15.9 Å². The van der Waals surface area contributed by atoms with Crippen molar-refractivity contribution < 1.29 is 19.4 Å². The summed E-state index contributed by atoms with van der Waals surface area (Å²) in [5.41, 5.74) is 1.53. The summed E-state index contributed by atoms with van der Waals surface area (Å²) in [5.74, 6) is 0.904. The van der Waals surface area contributed by atoms with E-state index in [1.807, 2.05) is 19.9 Å².